The zero-order valence-electron chi connectivity index (χ0n) is 12.8. The lowest BCUT2D eigenvalue weighted by atomic mass is 10.4. The highest BCUT2D eigenvalue weighted by molar-refractivity contribution is 5.78. The second-order valence-electron chi connectivity index (χ2n) is 4.61. The van der Waals surface area contributed by atoms with Crippen molar-refractivity contribution in [2.24, 2.45) is 0 Å². The van der Waals surface area contributed by atoms with Gasteiger partial charge in [0.1, 0.15) is 0 Å². The quantitative estimate of drug-likeness (QED) is 0.522. The number of carbonyl (C=O) groups is 2. The second-order valence-corrected chi connectivity index (χ2v) is 4.61. The van der Waals surface area contributed by atoms with Crippen LogP contribution in [0.3, 0.4) is 0 Å². The fourth-order valence-corrected chi connectivity index (χ4v) is 1.47. The summed E-state index contributed by atoms with van der Waals surface area (Å²) in [4.78, 5) is 26.6. The van der Waals surface area contributed by atoms with E-state index in [9.17, 15) is 9.59 Å². The Balaban J connectivity index is 4.22. The monoisotopic (exact) mass is 274 g/mol. The minimum atomic E-state index is -0.718. The van der Waals surface area contributed by atoms with E-state index in [0.29, 0.717) is 13.1 Å². The van der Waals surface area contributed by atoms with Gasteiger partial charge in [0.15, 0.2) is 6.23 Å². The molecule has 0 fully saturated rings. The van der Waals surface area contributed by atoms with Crippen molar-refractivity contribution in [1.29, 1.82) is 0 Å². The van der Waals surface area contributed by atoms with Crippen LogP contribution >= 0.6 is 0 Å². The van der Waals surface area contributed by atoms with Crippen molar-refractivity contribution in [3.05, 3.63) is 0 Å². The molecule has 6 nitrogen and oxygen atoms in total. The maximum absolute atomic E-state index is 11.9. The van der Waals surface area contributed by atoms with Crippen LogP contribution in [0.2, 0.25) is 0 Å². The molecule has 0 saturated heterocycles. The third-order valence-corrected chi connectivity index (χ3v) is 2.72. The van der Waals surface area contributed by atoms with Crippen LogP contribution in [-0.4, -0.2) is 60.9 Å². The molecule has 0 aromatic heterocycles. The number of ether oxygens (including phenoxy) is 2. The number of hydrogen-bond acceptors (Lipinski definition) is 5. The van der Waals surface area contributed by atoms with E-state index >= 15 is 0 Å². The molecule has 0 spiro atoms. The molecule has 1 amide bonds. The molecule has 1 atom stereocenters. The predicted octanol–water partition coefficient (Wildman–Crippen LogP) is 1.69. The first-order valence-corrected chi connectivity index (χ1v) is 6.67. The molecule has 0 aromatic carbocycles. The van der Waals surface area contributed by atoms with Crippen LogP contribution in [-0.2, 0) is 14.3 Å². The standard InChI is InChI=1S/C13H26N2O4/c1-7-15(8-2)12(16)9-14(6)11(5)19-13(17)18-10(3)4/h10-11H,7-9H2,1-6H3/t11-/m1/s1. The number of hydrogen-bond donors (Lipinski definition) is 0. The lowest BCUT2D eigenvalue weighted by Gasteiger charge is -2.27. The van der Waals surface area contributed by atoms with Gasteiger partial charge in [0, 0.05) is 13.1 Å². The van der Waals surface area contributed by atoms with Crippen LogP contribution in [0.15, 0.2) is 0 Å². The lowest BCUT2D eigenvalue weighted by molar-refractivity contribution is -0.134. The molecule has 0 aliphatic heterocycles. The first kappa shape index (κ1) is 17.7. The van der Waals surface area contributed by atoms with Gasteiger partial charge in [-0.3, -0.25) is 9.69 Å². The third kappa shape index (κ3) is 7.00. The Morgan fingerprint density at radius 1 is 1.05 bits per heavy atom. The summed E-state index contributed by atoms with van der Waals surface area (Å²) in [6, 6.07) is 0. The Kier molecular flexibility index (Phi) is 8.14. The fourth-order valence-electron chi connectivity index (χ4n) is 1.47. The summed E-state index contributed by atoms with van der Waals surface area (Å²) in [6.07, 6.45) is -1.45. The van der Waals surface area contributed by atoms with Gasteiger partial charge in [0.25, 0.3) is 0 Å². The average molecular weight is 274 g/mol. The summed E-state index contributed by atoms with van der Waals surface area (Å²) in [5.41, 5.74) is 0. The predicted molar refractivity (Wildman–Crippen MR) is 72.7 cm³/mol. The van der Waals surface area contributed by atoms with Crippen LogP contribution in [0, 0.1) is 0 Å². The Morgan fingerprint density at radius 3 is 2.00 bits per heavy atom. The molecule has 0 unspecified atom stereocenters. The van der Waals surface area contributed by atoms with Crippen molar-refractivity contribution in [1.82, 2.24) is 9.80 Å². The third-order valence-electron chi connectivity index (χ3n) is 2.72. The Hall–Kier alpha value is -1.30. The van der Waals surface area contributed by atoms with Crippen LogP contribution in [0.25, 0.3) is 0 Å². The molecular formula is C13H26N2O4. The first-order valence-electron chi connectivity index (χ1n) is 6.67. The largest absolute Gasteiger partial charge is 0.510 e. The molecule has 0 N–H and O–H groups in total. The maximum atomic E-state index is 11.9. The summed E-state index contributed by atoms with van der Waals surface area (Å²) >= 11 is 0. The number of rotatable bonds is 7. The molecular weight excluding hydrogens is 248 g/mol. The molecule has 0 rings (SSSR count). The van der Waals surface area contributed by atoms with Gasteiger partial charge in [-0.25, -0.2) is 4.79 Å². The van der Waals surface area contributed by atoms with Gasteiger partial charge in [-0.05, 0) is 41.7 Å². The molecule has 0 saturated carbocycles. The topological polar surface area (TPSA) is 59.1 Å². The highest BCUT2D eigenvalue weighted by Crippen LogP contribution is 2.03. The Bertz CT molecular complexity index is 290. The van der Waals surface area contributed by atoms with Gasteiger partial charge in [-0.15, -0.1) is 0 Å². The van der Waals surface area contributed by atoms with Crippen molar-refractivity contribution >= 4 is 12.1 Å². The van der Waals surface area contributed by atoms with Gasteiger partial charge in [-0.1, -0.05) is 0 Å². The van der Waals surface area contributed by atoms with Crippen LogP contribution in [0.1, 0.15) is 34.6 Å². The van der Waals surface area contributed by atoms with Crippen molar-refractivity contribution in [2.75, 3.05) is 26.7 Å². The van der Waals surface area contributed by atoms with Crippen molar-refractivity contribution < 1.29 is 19.1 Å². The summed E-state index contributed by atoms with van der Waals surface area (Å²) in [7, 11) is 1.73. The van der Waals surface area contributed by atoms with Gasteiger partial charge >= 0.3 is 6.16 Å². The summed E-state index contributed by atoms with van der Waals surface area (Å²) in [6.45, 7) is 10.6. The zero-order valence-corrected chi connectivity index (χ0v) is 12.8. The van der Waals surface area contributed by atoms with Crippen LogP contribution < -0.4 is 0 Å². The van der Waals surface area contributed by atoms with Crippen molar-refractivity contribution in [3.8, 4) is 0 Å². The molecule has 0 aromatic rings. The summed E-state index contributed by atoms with van der Waals surface area (Å²) in [5, 5.41) is 0. The highest BCUT2D eigenvalue weighted by Gasteiger charge is 2.20. The Labute approximate surface area is 115 Å². The van der Waals surface area contributed by atoms with Gasteiger partial charge in [0.2, 0.25) is 5.91 Å². The number of likely N-dealkylation sites (N-methyl/N-ethyl adjacent to an activating group) is 2. The fraction of sp³-hybridized carbons (Fsp3) is 0.846. The molecule has 0 aliphatic rings. The van der Waals surface area contributed by atoms with Crippen molar-refractivity contribution in [2.45, 2.75) is 47.0 Å². The minimum absolute atomic E-state index is 0.0141. The maximum Gasteiger partial charge on any atom is 0.510 e. The van der Waals surface area contributed by atoms with Crippen LogP contribution in [0.5, 0.6) is 0 Å². The Morgan fingerprint density at radius 2 is 1.58 bits per heavy atom. The van der Waals surface area contributed by atoms with E-state index < -0.39 is 12.4 Å². The van der Waals surface area contributed by atoms with Crippen molar-refractivity contribution in [3.63, 3.8) is 0 Å². The SMILES string of the molecule is CCN(CC)C(=O)CN(C)[C@@H](C)OC(=O)OC(C)C. The van der Waals surface area contributed by atoms with E-state index in [2.05, 4.69) is 0 Å². The molecule has 112 valence electrons. The van der Waals surface area contributed by atoms with Gasteiger partial charge < -0.3 is 14.4 Å². The number of nitrogens with zero attached hydrogens (tertiary/aromatic N) is 2. The molecule has 0 bridgehead atoms. The molecule has 0 heterocycles. The van der Waals surface area contributed by atoms with Gasteiger partial charge in [0.05, 0.1) is 12.6 Å². The van der Waals surface area contributed by atoms with E-state index in [4.69, 9.17) is 9.47 Å². The van der Waals surface area contributed by atoms with Crippen LogP contribution in [0.4, 0.5) is 4.79 Å². The average Bonchev–Trinajstić information content (AvgIpc) is 2.28. The smallest absolute Gasteiger partial charge is 0.432 e. The van der Waals surface area contributed by atoms with E-state index in [1.54, 1.807) is 37.6 Å². The normalized spacial score (nSPS) is 12.4. The lowest BCUT2D eigenvalue weighted by Crippen LogP contribution is -2.43. The highest BCUT2D eigenvalue weighted by atomic mass is 16.7. The number of amides is 1. The minimum Gasteiger partial charge on any atom is -0.432 e. The zero-order chi connectivity index (χ0) is 15.0. The second kappa shape index (κ2) is 8.74. The van der Waals surface area contributed by atoms with E-state index in [-0.39, 0.29) is 18.6 Å². The molecule has 0 aliphatic carbocycles. The van der Waals surface area contributed by atoms with E-state index in [1.165, 1.54) is 0 Å². The first-order chi connectivity index (χ1) is 8.81. The summed E-state index contributed by atoms with van der Waals surface area (Å²) < 4.78 is 9.95. The van der Waals surface area contributed by atoms with E-state index in [1.807, 2.05) is 13.8 Å². The molecule has 6 heteroatoms. The molecule has 19 heavy (non-hydrogen) atoms. The van der Waals surface area contributed by atoms with E-state index in [0.717, 1.165) is 0 Å². The van der Waals surface area contributed by atoms with Gasteiger partial charge in [-0.2, -0.15) is 0 Å². The number of carbonyl (C=O) groups excluding carboxylic acids is 2. The molecule has 0 radical (unpaired) electrons. The summed E-state index contributed by atoms with van der Waals surface area (Å²) in [5.74, 6) is 0.0141.